The van der Waals surface area contributed by atoms with Crippen LogP contribution in [0.25, 0.3) is 11.4 Å². The third kappa shape index (κ3) is 1.73. The number of aromatic nitrogens is 3. The minimum atomic E-state index is -0.0555. The lowest BCUT2D eigenvalue weighted by Crippen LogP contribution is -2.39. The highest BCUT2D eigenvalue weighted by molar-refractivity contribution is 5.54. The van der Waals surface area contributed by atoms with E-state index in [-0.39, 0.29) is 11.5 Å². The van der Waals surface area contributed by atoms with E-state index in [9.17, 15) is 0 Å². The first-order valence-corrected chi connectivity index (χ1v) is 6.44. The Morgan fingerprint density at radius 3 is 2.78 bits per heavy atom. The van der Waals surface area contributed by atoms with Gasteiger partial charge in [-0.25, -0.2) is 4.98 Å². The molecule has 1 aromatic heterocycles. The molecule has 18 heavy (non-hydrogen) atoms. The van der Waals surface area contributed by atoms with Crippen LogP contribution in [0.1, 0.15) is 32.0 Å². The van der Waals surface area contributed by atoms with Gasteiger partial charge in [-0.1, -0.05) is 43.7 Å². The summed E-state index contributed by atoms with van der Waals surface area (Å²) in [6.07, 6.45) is 3.31. The fraction of sp³-hybridized carbons (Fsp3) is 0.429. The summed E-state index contributed by atoms with van der Waals surface area (Å²) in [5.74, 6) is 1.68. The lowest BCUT2D eigenvalue weighted by Gasteiger charge is -2.25. The molecule has 94 valence electrons. The van der Waals surface area contributed by atoms with E-state index in [0.29, 0.717) is 0 Å². The number of nitrogens with one attached hydrogen (secondary N) is 1. The number of H-pyrrole nitrogens is 1. The number of aromatic amines is 1. The molecule has 1 fully saturated rings. The number of hydrogen-bond acceptors (Lipinski definition) is 3. The van der Waals surface area contributed by atoms with Crippen LogP contribution in [-0.4, -0.2) is 21.2 Å². The molecule has 0 bridgehead atoms. The van der Waals surface area contributed by atoms with Crippen molar-refractivity contribution in [2.24, 2.45) is 5.73 Å². The SMILES string of the molecule is CC1(c2nc(-c3ccccc3)n[nH]2)CCCC1N. The number of hydrogen-bond donors (Lipinski definition) is 2. The van der Waals surface area contributed by atoms with Crippen molar-refractivity contribution in [1.29, 1.82) is 0 Å². The molecule has 1 aliphatic rings. The maximum atomic E-state index is 6.21. The number of nitrogens with zero attached hydrogens (tertiary/aromatic N) is 2. The molecule has 0 spiro atoms. The van der Waals surface area contributed by atoms with Crippen molar-refractivity contribution in [2.75, 3.05) is 0 Å². The Labute approximate surface area is 107 Å². The Morgan fingerprint density at radius 2 is 2.11 bits per heavy atom. The summed E-state index contributed by atoms with van der Waals surface area (Å²) in [7, 11) is 0. The third-order valence-electron chi connectivity index (χ3n) is 4.09. The van der Waals surface area contributed by atoms with E-state index in [0.717, 1.165) is 30.1 Å². The number of nitrogens with two attached hydrogens (primary N) is 1. The van der Waals surface area contributed by atoms with Crippen molar-refractivity contribution >= 4 is 0 Å². The lowest BCUT2D eigenvalue weighted by molar-refractivity contribution is 0.406. The van der Waals surface area contributed by atoms with Gasteiger partial charge in [0.15, 0.2) is 5.82 Å². The predicted octanol–water partition coefficient (Wildman–Crippen LogP) is 2.24. The molecule has 2 atom stereocenters. The smallest absolute Gasteiger partial charge is 0.181 e. The molecule has 1 aromatic carbocycles. The van der Waals surface area contributed by atoms with Gasteiger partial charge >= 0.3 is 0 Å². The van der Waals surface area contributed by atoms with Crippen LogP contribution in [0.15, 0.2) is 30.3 Å². The van der Waals surface area contributed by atoms with Gasteiger partial charge in [0, 0.05) is 17.0 Å². The molecular weight excluding hydrogens is 224 g/mol. The van der Waals surface area contributed by atoms with Crippen molar-refractivity contribution < 1.29 is 0 Å². The number of benzene rings is 1. The van der Waals surface area contributed by atoms with E-state index in [4.69, 9.17) is 5.73 Å². The second kappa shape index (κ2) is 4.21. The molecule has 3 rings (SSSR count). The molecule has 2 unspecified atom stereocenters. The van der Waals surface area contributed by atoms with Gasteiger partial charge in [-0.3, -0.25) is 5.10 Å². The summed E-state index contributed by atoms with van der Waals surface area (Å²) >= 11 is 0. The largest absolute Gasteiger partial charge is 0.327 e. The van der Waals surface area contributed by atoms with Gasteiger partial charge in [0.2, 0.25) is 0 Å². The first-order chi connectivity index (χ1) is 8.70. The van der Waals surface area contributed by atoms with Crippen LogP contribution >= 0.6 is 0 Å². The Morgan fingerprint density at radius 1 is 1.33 bits per heavy atom. The van der Waals surface area contributed by atoms with E-state index in [2.05, 4.69) is 22.1 Å². The van der Waals surface area contributed by atoms with Gasteiger partial charge in [0.1, 0.15) is 5.82 Å². The molecule has 0 saturated heterocycles. The predicted molar refractivity (Wildman–Crippen MR) is 71.0 cm³/mol. The van der Waals surface area contributed by atoms with E-state index in [1.807, 2.05) is 30.3 Å². The monoisotopic (exact) mass is 242 g/mol. The molecule has 3 N–H and O–H groups in total. The van der Waals surface area contributed by atoms with Crippen LogP contribution in [0, 0.1) is 0 Å². The Hall–Kier alpha value is -1.68. The van der Waals surface area contributed by atoms with Gasteiger partial charge in [-0.05, 0) is 12.8 Å². The zero-order chi connectivity index (χ0) is 12.6. The lowest BCUT2D eigenvalue weighted by atomic mass is 9.84. The first-order valence-electron chi connectivity index (χ1n) is 6.44. The molecule has 0 radical (unpaired) electrons. The third-order valence-corrected chi connectivity index (χ3v) is 4.09. The Bertz CT molecular complexity index is 534. The minimum absolute atomic E-state index is 0.0555. The number of rotatable bonds is 2. The average Bonchev–Trinajstić information content (AvgIpc) is 3.00. The quantitative estimate of drug-likeness (QED) is 0.848. The van der Waals surface area contributed by atoms with Gasteiger partial charge < -0.3 is 5.73 Å². The van der Waals surface area contributed by atoms with Crippen LogP contribution in [0.5, 0.6) is 0 Å². The fourth-order valence-corrected chi connectivity index (χ4v) is 2.72. The minimum Gasteiger partial charge on any atom is -0.327 e. The van der Waals surface area contributed by atoms with Crippen LogP contribution in [0.2, 0.25) is 0 Å². The Balaban J connectivity index is 1.95. The average molecular weight is 242 g/mol. The molecule has 1 saturated carbocycles. The van der Waals surface area contributed by atoms with Gasteiger partial charge in [0.05, 0.1) is 0 Å². The second-order valence-electron chi connectivity index (χ2n) is 5.29. The Kier molecular flexibility index (Phi) is 2.67. The summed E-state index contributed by atoms with van der Waals surface area (Å²) < 4.78 is 0. The standard InChI is InChI=1S/C14H18N4/c1-14(9-5-8-11(14)15)13-16-12(17-18-13)10-6-3-2-4-7-10/h2-4,6-7,11H,5,8-9,15H2,1H3,(H,16,17,18). The maximum Gasteiger partial charge on any atom is 0.181 e. The molecule has 0 amide bonds. The van der Waals surface area contributed by atoms with E-state index < -0.39 is 0 Å². The molecule has 2 aromatic rings. The van der Waals surface area contributed by atoms with Crippen molar-refractivity contribution in [3.63, 3.8) is 0 Å². The van der Waals surface area contributed by atoms with E-state index in [1.54, 1.807) is 0 Å². The summed E-state index contributed by atoms with van der Waals surface area (Å²) in [6, 6.07) is 10.2. The molecule has 1 heterocycles. The van der Waals surface area contributed by atoms with E-state index in [1.165, 1.54) is 6.42 Å². The van der Waals surface area contributed by atoms with Crippen molar-refractivity contribution in [3.8, 4) is 11.4 Å². The molecule has 0 aliphatic heterocycles. The zero-order valence-corrected chi connectivity index (χ0v) is 10.6. The molecule has 1 aliphatic carbocycles. The summed E-state index contributed by atoms with van der Waals surface area (Å²) in [5.41, 5.74) is 7.19. The second-order valence-corrected chi connectivity index (χ2v) is 5.29. The van der Waals surface area contributed by atoms with Gasteiger partial charge in [0.25, 0.3) is 0 Å². The summed E-state index contributed by atoms with van der Waals surface area (Å²) in [4.78, 5) is 4.64. The van der Waals surface area contributed by atoms with Gasteiger partial charge in [-0.15, -0.1) is 0 Å². The van der Waals surface area contributed by atoms with Crippen LogP contribution < -0.4 is 5.73 Å². The van der Waals surface area contributed by atoms with E-state index >= 15 is 0 Å². The maximum absolute atomic E-state index is 6.21. The van der Waals surface area contributed by atoms with Gasteiger partial charge in [-0.2, -0.15) is 5.10 Å². The highest BCUT2D eigenvalue weighted by Crippen LogP contribution is 2.38. The zero-order valence-electron chi connectivity index (χ0n) is 10.6. The highest BCUT2D eigenvalue weighted by atomic mass is 15.2. The molecule has 4 heteroatoms. The van der Waals surface area contributed by atoms with Crippen LogP contribution in [-0.2, 0) is 5.41 Å². The van der Waals surface area contributed by atoms with Crippen molar-refractivity contribution in [2.45, 2.75) is 37.6 Å². The molecule has 4 nitrogen and oxygen atoms in total. The van der Waals surface area contributed by atoms with Crippen molar-refractivity contribution in [3.05, 3.63) is 36.2 Å². The normalized spacial score (nSPS) is 27.6. The van der Waals surface area contributed by atoms with Crippen molar-refractivity contribution in [1.82, 2.24) is 15.2 Å². The first kappa shape index (κ1) is 11.4. The van der Waals surface area contributed by atoms with Crippen LogP contribution in [0.4, 0.5) is 0 Å². The topological polar surface area (TPSA) is 67.6 Å². The fourth-order valence-electron chi connectivity index (χ4n) is 2.72. The molecular formula is C14H18N4. The summed E-state index contributed by atoms with van der Waals surface area (Å²) in [5, 5.41) is 7.39. The summed E-state index contributed by atoms with van der Waals surface area (Å²) in [6.45, 7) is 2.18. The van der Waals surface area contributed by atoms with Crippen LogP contribution in [0.3, 0.4) is 0 Å². The highest BCUT2D eigenvalue weighted by Gasteiger charge is 2.40.